The van der Waals surface area contributed by atoms with E-state index in [1.54, 1.807) is 24.3 Å². The van der Waals surface area contributed by atoms with Crippen LogP contribution in [0, 0.1) is 11.3 Å². The molecule has 0 radical (unpaired) electrons. The van der Waals surface area contributed by atoms with Gasteiger partial charge in [-0.25, -0.2) is 4.79 Å². The second-order valence-corrected chi connectivity index (χ2v) is 3.56. The Morgan fingerprint density at radius 1 is 1.39 bits per heavy atom. The molecule has 1 aliphatic rings. The summed E-state index contributed by atoms with van der Waals surface area (Å²) in [5.41, 5.74) is 0.621. The number of benzene rings is 1. The van der Waals surface area contributed by atoms with Gasteiger partial charge in [0.2, 0.25) is 0 Å². The lowest BCUT2D eigenvalue weighted by atomic mass is 10.1. The molecule has 5 heteroatoms. The van der Waals surface area contributed by atoms with E-state index in [0.29, 0.717) is 30.3 Å². The molecular weight excluding hydrogens is 234 g/mol. The molecule has 1 aromatic carbocycles. The summed E-state index contributed by atoms with van der Waals surface area (Å²) in [5.74, 6) is 0.611. The van der Waals surface area contributed by atoms with Gasteiger partial charge in [-0.05, 0) is 23.8 Å². The number of rotatable bonds is 2. The SMILES string of the molecule is COC(=O)/C(C#N)=C/c1ccc2c(c1)OCCO2. The largest absolute Gasteiger partial charge is 0.486 e. The van der Waals surface area contributed by atoms with Gasteiger partial charge in [-0.3, -0.25) is 0 Å². The van der Waals surface area contributed by atoms with Gasteiger partial charge in [0.25, 0.3) is 0 Å². The number of nitrogens with zero attached hydrogens (tertiary/aromatic N) is 1. The minimum absolute atomic E-state index is 0.0609. The predicted octanol–water partition coefficient (Wildman–Crippen LogP) is 1.54. The summed E-state index contributed by atoms with van der Waals surface area (Å²) in [6.07, 6.45) is 1.45. The molecule has 0 spiro atoms. The number of nitriles is 1. The fourth-order valence-corrected chi connectivity index (χ4v) is 1.56. The summed E-state index contributed by atoms with van der Waals surface area (Å²) in [6.45, 7) is 1.01. The molecule has 0 amide bonds. The third kappa shape index (κ3) is 2.43. The maximum absolute atomic E-state index is 11.3. The molecule has 0 atom stereocenters. The molecule has 0 bridgehead atoms. The highest BCUT2D eigenvalue weighted by Gasteiger charge is 2.13. The molecule has 92 valence electrons. The van der Waals surface area contributed by atoms with Crippen LogP contribution in [0.25, 0.3) is 6.08 Å². The molecule has 0 saturated heterocycles. The Labute approximate surface area is 104 Å². The molecule has 0 N–H and O–H groups in total. The molecule has 1 aliphatic heterocycles. The number of ether oxygens (including phenoxy) is 3. The molecule has 5 nitrogen and oxygen atoms in total. The van der Waals surface area contributed by atoms with Gasteiger partial charge < -0.3 is 14.2 Å². The lowest BCUT2D eigenvalue weighted by molar-refractivity contribution is -0.135. The minimum atomic E-state index is -0.660. The Morgan fingerprint density at radius 3 is 2.78 bits per heavy atom. The molecule has 18 heavy (non-hydrogen) atoms. The maximum atomic E-state index is 11.3. The lowest BCUT2D eigenvalue weighted by Gasteiger charge is -2.18. The lowest BCUT2D eigenvalue weighted by Crippen LogP contribution is -2.15. The van der Waals surface area contributed by atoms with Gasteiger partial charge in [0.05, 0.1) is 7.11 Å². The van der Waals surface area contributed by atoms with Gasteiger partial charge in [-0.2, -0.15) is 5.26 Å². The van der Waals surface area contributed by atoms with Crippen molar-refractivity contribution in [2.45, 2.75) is 0 Å². The third-order valence-corrected chi connectivity index (χ3v) is 2.40. The molecule has 1 aromatic rings. The Balaban J connectivity index is 2.32. The zero-order chi connectivity index (χ0) is 13.0. The van der Waals surface area contributed by atoms with E-state index in [9.17, 15) is 4.79 Å². The topological polar surface area (TPSA) is 68.6 Å². The third-order valence-electron chi connectivity index (χ3n) is 2.40. The van der Waals surface area contributed by atoms with Crippen molar-refractivity contribution in [1.29, 1.82) is 5.26 Å². The molecule has 0 fully saturated rings. The van der Waals surface area contributed by atoms with Crippen LogP contribution in [0.1, 0.15) is 5.56 Å². The Hall–Kier alpha value is -2.48. The van der Waals surface area contributed by atoms with Crippen molar-refractivity contribution in [3.8, 4) is 17.6 Å². The van der Waals surface area contributed by atoms with Gasteiger partial charge in [0.15, 0.2) is 11.5 Å². The van der Waals surface area contributed by atoms with Crippen molar-refractivity contribution in [2.24, 2.45) is 0 Å². The summed E-state index contributed by atoms with van der Waals surface area (Å²) in [4.78, 5) is 11.3. The quantitative estimate of drug-likeness (QED) is 0.449. The first-order valence-corrected chi connectivity index (χ1v) is 5.34. The monoisotopic (exact) mass is 245 g/mol. The smallest absolute Gasteiger partial charge is 0.348 e. The highest BCUT2D eigenvalue weighted by Crippen LogP contribution is 2.31. The van der Waals surface area contributed by atoms with Gasteiger partial charge in [-0.1, -0.05) is 6.07 Å². The average Bonchev–Trinajstić information content (AvgIpc) is 2.43. The van der Waals surface area contributed by atoms with Crippen molar-refractivity contribution in [3.05, 3.63) is 29.3 Å². The van der Waals surface area contributed by atoms with Crippen LogP contribution in [0.5, 0.6) is 11.5 Å². The second-order valence-electron chi connectivity index (χ2n) is 3.56. The van der Waals surface area contributed by atoms with E-state index in [-0.39, 0.29) is 5.57 Å². The van der Waals surface area contributed by atoms with Crippen LogP contribution < -0.4 is 9.47 Å². The normalized spacial score (nSPS) is 13.7. The van der Waals surface area contributed by atoms with Gasteiger partial charge in [-0.15, -0.1) is 0 Å². The molecule has 1 heterocycles. The van der Waals surface area contributed by atoms with Crippen molar-refractivity contribution >= 4 is 12.0 Å². The second kappa shape index (κ2) is 5.23. The highest BCUT2D eigenvalue weighted by atomic mass is 16.6. The molecule has 0 saturated carbocycles. The average molecular weight is 245 g/mol. The van der Waals surface area contributed by atoms with Gasteiger partial charge >= 0.3 is 5.97 Å². The number of fused-ring (bicyclic) bond motifs is 1. The van der Waals surface area contributed by atoms with Crippen LogP contribution in [0.3, 0.4) is 0 Å². The van der Waals surface area contributed by atoms with Crippen molar-refractivity contribution in [3.63, 3.8) is 0 Å². The van der Waals surface area contributed by atoms with Crippen LogP contribution in [-0.2, 0) is 9.53 Å². The number of esters is 1. The van der Waals surface area contributed by atoms with E-state index in [1.165, 1.54) is 13.2 Å². The van der Waals surface area contributed by atoms with Crippen LogP contribution in [-0.4, -0.2) is 26.3 Å². The first-order valence-electron chi connectivity index (χ1n) is 5.34. The molecule has 0 aromatic heterocycles. The number of hydrogen-bond acceptors (Lipinski definition) is 5. The zero-order valence-corrected chi connectivity index (χ0v) is 9.80. The maximum Gasteiger partial charge on any atom is 0.348 e. The Kier molecular flexibility index (Phi) is 3.49. The summed E-state index contributed by atoms with van der Waals surface area (Å²) in [7, 11) is 1.23. The minimum Gasteiger partial charge on any atom is -0.486 e. The van der Waals surface area contributed by atoms with E-state index in [1.807, 2.05) is 0 Å². The van der Waals surface area contributed by atoms with Crippen molar-refractivity contribution in [1.82, 2.24) is 0 Å². The number of methoxy groups -OCH3 is 1. The fourth-order valence-electron chi connectivity index (χ4n) is 1.56. The first kappa shape index (κ1) is 12.0. The van der Waals surface area contributed by atoms with Crippen LogP contribution in [0.15, 0.2) is 23.8 Å². The van der Waals surface area contributed by atoms with E-state index >= 15 is 0 Å². The first-order chi connectivity index (χ1) is 8.74. The van der Waals surface area contributed by atoms with Crippen LogP contribution in [0.4, 0.5) is 0 Å². The Morgan fingerprint density at radius 2 is 2.11 bits per heavy atom. The standard InChI is InChI=1S/C13H11NO4/c1-16-13(15)10(8-14)6-9-2-3-11-12(7-9)18-5-4-17-11/h2-3,6-7H,4-5H2,1H3/b10-6+. The predicted molar refractivity (Wildman–Crippen MR) is 63.0 cm³/mol. The highest BCUT2D eigenvalue weighted by molar-refractivity contribution is 5.97. The number of carbonyl (C=O) groups is 1. The van der Waals surface area contributed by atoms with E-state index in [2.05, 4.69) is 4.74 Å². The molecule has 2 rings (SSSR count). The van der Waals surface area contributed by atoms with Gasteiger partial charge in [0, 0.05) is 0 Å². The summed E-state index contributed by atoms with van der Waals surface area (Å²) < 4.78 is 15.3. The molecule has 0 unspecified atom stereocenters. The molecular formula is C13H11NO4. The Bertz CT molecular complexity index is 542. The molecule has 0 aliphatic carbocycles. The fraction of sp³-hybridized carbons (Fsp3) is 0.231. The summed E-state index contributed by atoms with van der Waals surface area (Å²) in [6, 6.07) is 7.00. The summed E-state index contributed by atoms with van der Waals surface area (Å²) >= 11 is 0. The van der Waals surface area contributed by atoms with Crippen LogP contribution in [0.2, 0.25) is 0 Å². The summed E-state index contributed by atoms with van der Waals surface area (Å²) in [5, 5.41) is 8.85. The number of carbonyl (C=O) groups excluding carboxylic acids is 1. The number of hydrogen-bond donors (Lipinski definition) is 0. The van der Waals surface area contributed by atoms with Crippen molar-refractivity contribution < 1.29 is 19.0 Å². The van der Waals surface area contributed by atoms with E-state index in [4.69, 9.17) is 14.7 Å². The van der Waals surface area contributed by atoms with Gasteiger partial charge in [0.1, 0.15) is 24.9 Å². The van der Waals surface area contributed by atoms with Crippen LogP contribution >= 0.6 is 0 Å². The van der Waals surface area contributed by atoms with E-state index < -0.39 is 5.97 Å². The van der Waals surface area contributed by atoms with Crippen molar-refractivity contribution in [2.75, 3.05) is 20.3 Å². The van der Waals surface area contributed by atoms with E-state index in [0.717, 1.165) is 0 Å². The zero-order valence-electron chi connectivity index (χ0n) is 9.80.